The number of Topliss-reactive ketones (excluding diaryl/α,β-unsaturated/α-hetero) is 1. The smallest absolute Gasteiger partial charge is 0.139 e. The predicted octanol–water partition coefficient (Wildman–Crippen LogP) is 2.55. The minimum Gasteiger partial charge on any atom is -0.299 e. The van der Waals surface area contributed by atoms with Gasteiger partial charge in [-0.1, -0.05) is 20.3 Å². The Hall–Kier alpha value is -0.330. The highest BCUT2D eigenvalue weighted by atomic mass is 16.1. The van der Waals surface area contributed by atoms with Crippen molar-refractivity contribution < 1.29 is 4.79 Å². The molecule has 11 heavy (non-hydrogen) atoms. The van der Waals surface area contributed by atoms with Crippen molar-refractivity contribution in [3.63, 3.8) is 0 Å². The first-order chi connectivity index (χ1) is 5.08. The van der Waals surface area contributed by atoms with E-state index in [4.69, 9.17) is 0 Å². The largest absolute Gasteiger partial charge is 0.299 e. The van der Waals surface area contributed by atoms with Gasteiger partial charge >= 0.3 is 0 Å². The van der Waals surface area contributed by atoms with Crippen molar-refractivity contribution in [2.75, 3.05) is 0 Å². The lowest BCUT2D eigenvalue weighted by Gasteiger charge is -2.32. The van der Waals surface area contributed by atoms with E-state index in [1.807, 2.05) is 0 Å². The van der Waals surface area contributed by atoms with E-state index < -0.39 is 0 Å². The molecule has 62 valence electrons. The van der Waals surface area contributed by atoms with Crippen LogP contribution < -0.4 is 0 Å². The molecule has 0 aromatic heterocycles. The molecule has 1 nitrogen and oxygen atoms in total. The Labute approximate surface area is 68.2 Å². The summed E-state index contributed by atoms with van der Waals surface area (Å²) < 4.78 is 0. The van der Waals surface area contributed by atoms with Crippen molar-refractivity contribution in [3.8, 4) is 0 Å². The molecule has 0 aliphatic heterocycles. The molecule has 0 bridgehead atoms. The summed E-state index contributed by atoms with van der Waals surface area (Å²) >= 11 is 0. The molecule has 0 radical (unpaired) electrons. The Morgan fingerprint density at radius 2 is 1.91 bits per heavy atom. The first-order valence-electron chi connectivity index (χ1n) is 4.62. The molecule has 0 heterocycles. The van der Waals surface area contributed by atoms with Crippen LogP contribution in [0, 0.1) is 10.8 Å². The Morgan fingerprint density at radius 3 is 2.55 bits per heavy atom. The van der Waals surface area contributed by atoms with Gasteiger partial charge in [0.25, 0.3) is 0 Å². The summed E-state index contributed by atoms with van der Waals surface area (Å²) in [6, 6.07) is 0. The summed E-state index contributed by atoms with van der Waals surface area (Å²) in [6.45, 7) is 4.47. The van der Waals surface area contributed by atoms with Crippen LogP contribution in [0.1, 0.15) is 46.0 Å². The molecule has 2 rings (SSSR count). The van der Waals surface area contributed by atoms with E-state index in [2.05, 4.69) is 13.8 Å². The molecule has 2 unspecified atom stereocenters. The second kappa shape index (κ2) is 1.88. The van der Waals surface area contributed by atoms with Crippen LogP contribution in [0.2, 0.25) is 0 Å². The van der Waals surface area contributed by atoms with Gasteiger partial charge < -0.3 is 0 Å². The molecular formula is C10H16O. The first kappa shape index (κ1) is 7.33. The Bertz CT molecular complexity index is 209. The summed E-state index contributed by atoms with van der Waals surface area (Å²) in [5.74, 6) is 0.525. The van der Waals surface area contributed by atoms with Crippen molar-refractivity contribution in [2.45, 2.75) is 46.0 Å². The van der Waals surface area contributed by atoms with Gasteiger partial charge in [-0.2, -0.15) is 0 Å². The van der Waals surface area contributed by atoms with Gasteiger partial charge in [-0.15, -0.1) is 0 Å². The van der Waals surface area contributed by atoms with E-state index in [-0.39, 0.29) is 5.41 Å². The average Bonchev–Trinajstić information content (AvgIpc) is 2.34. The zero-order chi connectivity index (χ0) is 8.11. The third kappa shape index (κ3) is 0.692. The second-order valence-electron chi connectivity index (χ2n) is 4.67. The molecule has 0 amide bonds. The average molecular weight is 152 g/mol. The fraction of sp³-hybridized carbons (Fsp3) is 0.900. The number of carbonyl (C=O) groups excluding carboxylic acids is 1. The highest BCUT2D eigenvalue weighted by molar-refractivity contribution is 5.88. The van der Waals surface area contributed by atoms with E-state index in [9.17, 15) is 4.79 Å². The van der Waals surface area contributed by atoms with Crippen molar-refractivity contribution in [2.24, 2.45) is 10.8 Å². The van der Waals surface area contributed by atoms with Gasteiger partial charge in [0.2, 0.25) is 0 Å². The minimum atomic E-state index is 0.0625. The van der Waals surface area contributed by atoms with Crippen molar-refractivity contribution in [3.05, 3.63) is 0 Å². The Morgan fingerprint density at radius 1 is 1.18 bits per heavy atom. The SMILES string of the molecule is CC12CCCC1(C)C(=O)CC2. The molecule has 2 fully saturated rings. The molecule has 1 heteroatoms. The maximum atomic E-state index is 11.6. The standard InChI is InChI=1S/C10H16O/c1-9-5-3-6-10(9,2)8(11)4-7-9/h3-7H2,1-2H3. The highest BCUT2D eigenvalue weighted by Crippen LogP contribution is 2.60. The normalized spacial score (nSPS) is 49.8. The van der Waals surface area contributed by atoms with Gasteiger partial charge in [0, 0.05) is 11.8 Å². The fourth-order valence-electron chi connectivity index (χ4n) is 2.95. The van der Waals surface area contributed by atoms with Crippen molar-refractivity contribution in [1.82, 2.24) is 0 Å². The topological polar surface area (TPSA) is 17.1 Å². The Balaban J connectivity index is 2.41. The zero-order valence-corrected chi connectivity index (χ0v) is 7.44. The molecule has 2 aliphatic carbocycles. The molecule has 0 aromatic rings. The van der Waals surface area contributed by atoms with Crippen LogP contribution in [0.15, 0.2) is 0 Å². The summed E-state index contributed by atoms with van der Waals surface area (Å²) in [4.78, 5) is 11.6. The number of rotatable bonds is 0. The van der Waals surface area contributed by atoms with Gasteiger partial charge in [-0.3, -0.25) is 4.79 Å². The van der Waals surface area contributed by atoms with Gasteiger partial charge in [0.15, 0.2) is 0 Å². The lowest BCUT2D eigenvalue weighted by atomic mass is 9.70. The molecular weight excluding hydrogens is 136 g/mol. The molecule has 2 aliphatic rings. The van der Waals surface area contributed by atoms with E-state index in [1.54, 1.807) is 0 Å². The summed E-state index contributed by atoms with van der Waals surface area (Å²) in [6.07, 6.45) is 5.66. The quantitative estimate of drug-likeness (QED) is 0.521. The first-order valence-corrected chi connectivity index (χ1v) is 4.62. The number of hydrogen-bond donors (Lipinski definition) is 0. The van der Waals surface area contributed by atoms with Gasteiger partial charge in [-0.25, -0.2) is 0 Å². The maximum absolute atomic E-state index is 11.6. The number of fused-ring (bicyclic) bond motifs is 1. The van der Waals surface area contributed by atoms with Crippen molar-refractivity contribution in [1.29, 1.82) is 0 Å². The molecule has 2 atom stereocenters. The number of carbonyl (C=O) groups is 1. The Kier molecular flexibility index (Phi) is 1.25. The molecule has 0 N–H and O–H groups in total. The van der Waals surface area contributed by atoms with Crippen LogP contribution in [0.4, 0.5) is 0 Å². The lowest BCUT2D eigenvalue weighted by molar-refractivity contribution is -0.127. The molecule has 2 saturated carbocycles. The van der Waals surface area contributed by atoms with Gasteiger partial charge in [-0.05, 0) is 24.7 Å². The van der Waals surface area contributed by atoms with E-state index in [0.717, 1.165) is 19.3 Å². The summed E-state index contributed by atoms with van der Waals surface area (Å²) in [7, 11) is 0. The minimum absolute atomic E-state index is 0.0625. The molecule has 0 saturated heterocycles. The highest BCUT2D eigenvalue weighted by Gasteiger charge is 2.56. The zero-order valence-electron chi connectivity index (χ0n) is 7.44. The van der Waals surface area contributed by atoms with Crippen LogP contribution in [0.25, 0.3) is 0 Å². The molecule has 0 spiro atoms. The lowest BCUT2D eigenvalue weighted by Crippen LogP contribution is -2.31. The van der Waals surface area contributed by atoms with Crippen molar-refractivity contribution >= 4 is 5.78 Å². The molecule has 0 aromatic carbocycles. The van der Waals surface area contributed by atoms with Crippen LogP contribution in [-0.2, 0) is 4.79 Å². The third-order valence-electron chi connectivity index (χ3n) is 4.26. The van der Waals surface area contributed by atoms with Crippen LogP contribution in [0.3, 0.4) is 0 Å². The fourth-order valence-corrected chi connectivity index (χ4v) is 2.95. The summed E-state index contributed by atoms with van der Waals surface area (Å²) in [5.41, 5.74) is 0.428. The maximum Gasteiger partial charge on any atom is 0.139 e. The monoisotopic (exact) mass is 152 g/mol. The van der Waals surface area contributed by atoms with Gasteiger partial charge in [0.05, 0.1) is 0 Å². The number of ketones is 1. The van der Waals surface area contributed by atoms with E-state index in [1.165, 1.54) is 12.8 Å². The van der Waals surface area contributed by atoms with Crippen LogP contribution in [0.5, 0.6) is 0 Å². The predicted molar refractivity (Wildman–Crippen MR) is 44.3 cm³/mol. The van der Waals surface area contributed by atoms with E-state index in [0.29, 0.717) is 11.2 Å². The second-order valence-corrected chi connectivity index (χ2v) is 4.67. The summed E-state index contributed by atoms with van der Waals surface area (Å²) in [5, 5.41) is 0. The van der Waals surface area contributed by atoms with Crippen LogP contribution >= 0.6 is 0 Å². The van der Waals surface area contributed by atoms with Gasteiger partial charge in [0.1, 0.15) is 5.78 Å². The van der Waals surface area contributed by atoms with Crippen LogP contribution in [-0.4, -0.2) is 5.78 Å². The number of hydrogen-bond acceptors (Lipinski definition) is 1. The van der Waals surface area contributed by atoms with E-state index >= 15 is 0 Å². The third-order valence-corrected chi connectivity index (χ3v) is 4.26.